The summed E-state index contributed by atoms with van der Waals surface area (Å²) in [6.07, 6.45) is 2.09. The fourth-order valence-corrected chi connectivity index (χ4v) is 0.567. The maximum absolute atomic E-state index is 7.57. The molecule has 1 N–H and O–H groups in total. The molecule has 0 saturated heterocycles. The summed E-state index contributed by atoms with van der Waals surface area (Å²) in [6.45, 7) is 1.93. The SMILES string of the molecule is CCO.ClCCCCCl. The molecule has 0 spiro atoms. The van der Waals surface area contributed by atoms with E-state index in [4.69, 9.17) is 28.3 Å². The van der Waals surface area contributed by atoms with Crippen LogP contribution in [0.4, 0.5) is 0 Å². The first-order valence-corrected chi connectivity index (χ1v) is 4.13. The van der Waals surface area contributed by atoms with Gasteiger partial charge in [-0.3, -0.25) is 0 Å². The lowest BCUT2D eigenvalue weighted by molar-refractivity contribution is 0.318. The molecule has 3 heteroatoms. The molecule has 0 aromatic carbocycles. The van der Waals surface area contributed by atoms with Crippen LogP contribution in [0.2, 0.25) is 0 Å². The molecule has 1 nitrogen and oxygen atoms in total. The maximum Gasteiger partial charge on any atom is 0.0402 e. The number of halogens is 2. The van der Waals surface area contributed by atoms with Gasteiger partial charge in [-0.1, -0.05) is 0 Å². The van der Waals surface area contributed by atoms with Crippen molar-refractivity contribution in [2.24, 2.45) is 0 Å². The van der Waals surface area contributed by atoms with Crippen LogP contribution >= 0.6 is 23.2 Å². The minimum Gasteiger partial charge on any atom is -0.397 e. The van der Waals surface area contributed by atoms with E-state index in [0.717, 1.165) is 24.6 Å². The molecule has 0 unspecified atom stereocenters. The molecule has 0 aromatic heterocycles. The van der Waals surface area contributed by atoms with Crippen LogP contribution in [0.25, 0.3) is 0 Å². The molecular formula is C6H14Cl2O. The van der Waals surface area contributed by atoms with Crippen LogP contribution < -0.4 is 0 Å². The molecule has 0 radical (unpaired) electrons. The molecule has 0 aliphatic carbocycles. The van der Waals surface area contributed by atoms with E-state index in [0.29, 0.717) is 0 Å². The number of rotatable bonds is 3. The Kier molecular flexibility index (Phi) is 21.5. The van der Waals surface area contributed by atoms with Crippen molar-refractivity contribution in [2.45, 2.75) is 19.8 Å². The molecule has 0 atom stereocenters. The third-order valence-electron chi connectivity index (χ3n) is 0.517. The summed E-state index contributed by atoms with van der Waals surface area (Å²) < 4.78 is 0. The first-order valence-electron chi connectivity index (χ1n) is 3.06. The van der Waals surface area contributed by atoms with Gasteiger partial charge >= 0.3 is 0 Å². The molecule has 0 bridgehead atoms. The molecule has 0 aliphatic heterocycles. The average Bonchev–Trinajstić information content (AvgIpc) is 1.86. The van der Waals surface area contributed by atoms with E-state index < -0.39 is 0 Å². The van der Waals surface area contributed by atoms with Crippen molar-refractivity contribution in [2.75, 3.05) is 18.4 Å². The first-order chi connectivity index (χ1) is 4.33. The van der Waals surface area contributed by atoms with E-state index in [1.165, 1.54) is 0 Å². The van der Waals surface area contributed by atoms with Crippen LogP contribution in [0.5, 0.6) is 0 Å². The number of aliphatic hydroxyl groups is 1. The summed E-state index contributed by atoms with van der Waals surface area (Å²) in [5.41, 5.74) is 0. The van der Waals surface area contributed by atoms with E-state index in [1.807, 2.05) is 0 Å². The van der Waals surface area contributed by atoms with Crippen molar-refractivity contribution in [3.05, 3.63) is 0 Å². The standard InChI is InChI=1S/C4H8Cl2.C2H6O/c5-3-1-2-4-6;1-2-3/h1-4H2;3H,2H2,1H3. The van der Waals surface area contributed by atoms with Crippen molar-refractivity contribution in [1.29, 1.82) is 0 Å². The average molecular weight is 173 g/mol. The van der Waals surface area contributed by atoms with Gasteiger partial charge in [0.25, 0.3) is 0 Å². The van der Waals surface area contributed by atoms with Gasteiger partial charge in [0.2, 0.25) is 0 Å². The quantitative estimate of drug-likeness (QED) is 0.512. The Hall–Kier alpha value is 0.540. The molecule has 0 heterocycles. The Morgan fingerprint density at radius 2 is 1.33 bits per heavy atom. The fraction of sp³-hybridized carbons (Fsp3) is 1.00. The summed E-state index contributed by atoms with van der Waals surface area (Å²) in [7, 11) is 0. The molecule has 0 saturated carbocycles. The van der Waals surface area contributed by atoms with Gasteiger partial charge < -0.3 is 5.11 Å². The van der Waals surface area contributed by atoms with Crippen molar-refractivity contribution in [3.63, 3.8) is 0 Å². The highest BCUT2D eigenvalue weighted by molar-refractivity contribution is 6.18. The van der Waals surface area contributed by atoms with Crippen LogP contribution in [-0.4, -0.2) is 23.5 Å². The smallest absolute Gasteiger partial charge is 0.0402 e. The summed E-state index contributed by atoms with van der Waals surface area (Å²) in [5, 5.41) is 7.57. The molecule has 0 aromatic rings. The lowest BCUT2D eigenvalue weighted by Crippen LogP contribution is -1.74. The lowest BCUT2D eigenvalue weighted by atomic mass is 10.4. The van der Waals surface area contributed by atoms with Crippen LogP contribution in [0, 0.1) is 0 Å². The first kappa shape index (κ1) is 12.2. The minimum atomic E-state index is 0.250. The Bertz CT molecular complexity index is 30.2. The van der Waals surface area contributed by atoms with Gasteiger partial charge in [-0.2, -0.15) is 0 Å². The molecule has 58 valence electrons. The largest absolute Gasteiger partial charge is 0.397 e. The molecular weight excluding hydrogens is 159 g/mol. The van der Waals surface area contributed by atoms with Crippen LogP contribution in [-0.2, 0) is 0 Å². The molecule has 9 heavy (non-hydrogen) atoms. The Morgan fingerprint density at radius 3 is 1.44 bits per heavy atom. The predicted octanol–water partition coefficient (Wildman–Crippen LogP) is 2.24. The molecule has 0 amide bonds. The van der Waals surface area contributed by atoms with Gasteiger partial charge in [0.05, 0.1) is 0 Å². The molecule has 0 fully saturated rings. The number of unbranched alkanes of at least 4 members (excludes halogenated alkanes) is 1. The van der Waals surface area contributed by atoms with Crippen molar-refractivity contribution < 1.29 is 5.11 Å². The Morgan fingerprint density at radius 1 is 1.11 bits per heavy atom. The van der Waals surface area contributed by atoms with Gasteiger partial charge in [0.1, 0.15) is 0 Å². The van der Waals surface area contributed by atoms with Crippen molar-refractivity contribution in [1.82, 2.24) is 0 Å². The van der Waals surface area contributed by atoms with E-state index >= 15 is 0 Å². The normalized spacial score (nSPS) is 8.00. The second kappa shape index (κ2) is 15.8. The van der Waals surface area contributed by atoms with Crippen LogP contribution in [0.1, 0.15) is 19.8 Å². The van der Waals surface area contributed by atoms with Gasteiger partial charge in [-0.25, -0.2) is 0 Å². The monoisotopic (exact) mass is 172 g/mol. The maximum atomic E-state index is 7.57. The molecule has 0 rings (SSSR count). The highest BCUT2D eigenvalue weighted by Gasteiger charge is 1.78. The number of hydrogen-bond donors (Lipinski definition) is 1. The summed E-state index contributed by atoms with van der Waals surface area (Å²) in [6, 6.07) is 0. The van der Waals surface area contributed by atoms with Gasteiger partial charge in [0, 0.05) is 18.4 Å². The van der Waals surface area contributed by atoms with E-state index in [9.17, 15) is 0 Å². The number of hydrogen-bond acceptors (Lipinski definition) is 1. The highest BCUT2D eigenvalue weighted by atomic mass is 35.5. The topological polar surface area (TPSA) is 20.2 Å². The number of alkyl halides is 2. The third-order valence-corrected chi connectivity index (χ3v) is 1.05. The van der Waals surface area contributed by atoms with Gasteiger partial charge in [-0.05, 0) is 19.8 Å². The van der Waals surface area contributed by atoms with E-state index in [2.05, 4.69) is 0 Å². The summed E-state index contributed by atoms with van der Waals surface area (Å²) >= 11 is 10.6. The predicted molar refractivity (Wildman–Crippen MR) is 43.4 cm³/mol. The van der Waals surface area contributed by atoms with Crippen LogP contribution in [0.3, 0.4) is 0 Å². The summed E-state index contributed by atoms with van der Waals surface area (Å²) in [5.74, 6) is 1.49. The molecule has 0 aliphatic rings. The summed E-state index contributed by atoms with van der Waals surface area (Å²) in [4.78, 5) is 0. The Balaban J connectivity index is 0. The fourth-order valence-electron chi connectivity index (χ4n) is 0.189. The van der Waals surface area contributed by atoms with Gasteiger partial charge in [0.15, 0.2) is 0 Å². The lowest BCUT2D eigenvalue weighted by Gasteiger charge is -1.83. The Labute approximate surface area is 67.0 Å². The minimum absolute atomic E-state index is 0.250. The van der Waals surface area contributed by atoms with Crippen molar-refractivity contribution in [3.8, 4) is 0 Å². The zero-order chi connectivity index (χ0) is 7.54. The van der Waals surface area contributed by atoms with E-state index in [1.54, 1.807) is 6.92 Å². The third kappa shape index (κ3) is 29.1. The van der Waals surface area contributed by atoms with E-state index in [-0.39, 0.29) is 6.61 Å². The van der Waals surface area contributed by atoms with Crippen LogP contribution in [0.15, 0.2) is 0 Å². The second-order valence-electron chi connectivity index (χ2n) is 1.40. The van der Waals surface area contributed by atoms with Crippen molar-refractivity contribution >= 4 is 23.2 Å². The van der Waals surface area contributed by atoms with Gasteiger partial charge in [-0.15, -0.1) is 23.2 Å². The zero-order valence-electron chi connectivity index (χ0n) is 5.74. The second-order valence-corrected chi connectivity index (χ2v) is 2.16. The number of aliphatic hydroxyl groups excluding tert-OH is 1. The zero-order valence-corrected chi connectivity index (χ0v) is 7.25. The highest BCUT2D eigenvalue weighted by Crippen LogP contribution is 1.92.